The van der Waals surface area contributed by atoms with E-state index in [0.717, 1.165) is 65.7 Å². The molecule has 0 unspecified atom stereocenters. The van der Waals surface area contributed by atoms with Crippen molar-refractivity contribution in [3.63, 3.8) is 0 Å². The largest absolute Gasteiger partial charge is 0.379 e. The van der Waals surface area contributed by atoms with Crippen LogP contribution in [0.4, 0.5) is 0 Å². The molecule has 4 rings (SSSR count). The van der Waals surface area contributed by atoms with Gasteiger partial charge in [-0.3, -0.25) is 19.4 Å². The van der Waals surface area contributed by atoms with Crippen molar-refractivity contribution in [1.82, 2.24) is 20.4 Å². The Bertz CT molecular complexity index is 859. The Morgan fingerprint density at radius 3 is 1.37 bits per heavy atom. The third-order valence-corrected chi connectivity index (χ3v) is 6.38. The second-order valence-corrected chi connectivity index (χ2v) is 9.04. The van der Waals surface area contributed by atoms with E-state index >= 15 is 0 Å². The highest BCUT2D eigenvalue weighted by molar-refractivity contribution is 5.94. The first-order valence-electron chi connectivity index (χ1n) is 12.5. The van der Waals surface area contributed by atoms with Gasteiger partial charge in [-0.1, -0.05) is 24.3 Å². The molecule has 0 aliphatic carbocycles. The molecule has 0 bridgehead atoms. The van der Waals surface area contributed by atoms with Crippen LogP contribution >= 0.6 is 0 Å². The van der Waals surface area contributed by atoms with Gasteiger partial charge in [-0.15, -0.1) is 0 Å². The summed E-state index contributed by atoms with van der Waals surface area (Å²) in [6.45, 7) is 9.66. The first kappa shape index (κ1) is 25.3. The molecule has 0 radical (unpaired) electrons. The van der Waals surface area contributed by atoms with Crippen LogP contribution in [-0.4, -0.2) is 87.3 Å². The predicted molar refractivity (Wildman–Crippen MR) is 134 cm³/mol. The van der Waals surface area contributed by atoms with Crippen LogP contribution in [-0.2, 0) is 22.6 Å². The van der Waals surface area contributed by atoms with Gasteiger partial charge in [-0.05, 0) is 41.8 Å². The van der Waals surface area contributed by atoms with Gasteiger partial charge in [0, 0.05) is 63.5 Å². The minimum atomic E-state index is -0.0925. The minimum Gasteiger partial charge on any atom is -0.379 e. The van der Waals surface area contributed by atoms with Crippen LogP contribution in [0, 0.1) is 0 Å². The van der Waals surface area contributed by atoms with Gasteiger partial charge in [0.2, 0.25) is 0 Å². The van der Waals surface area contributed by atoms with Crippen molar-refractivity contribution in [2.24, 2.45) is 0 Å². The predicted octanol–water partition coefficient (Wildman–Crippen LogP) is 1.90. The topological polar surface area (TPSA) is 83.1 Å². The number of rotatable bonds is 10. The van der Waals surface area contributed by atoms with Crippen molar-refractivity contribution in [1.29, 1.82) is 0 Å². The molecule has 2 aromatic carbocycles. The second kappa shape index (κ2) is 13.3. The number of nitrogens with one attached hydrogen (secondary N) is 2. The van der Waals surface area contributed by atoms with Crippen LogP contribution in [0.15, 0.2) is 48.5 Å². The zero-order chi connectivity index (χ0) is 24.3. The number of nitrogens with zero attached hydrogens (tertiary/aromatic N) is 2. The van der Waals surface area contributed by atoms with E-state index in [0.29, 0.717) is 30.6 Å². The van der Waals surface area contributed by atoms with Gasteiger partial charge in [0.25, 0.3) is 11.8 Å². The fourth-order valence-electron chi connectivity index (χ4n) is 4.25. The molecule has 0 spiro atoms. The van der Waals surface area contributed by atoms with E-state index < -0.39 is 0 Å². The van der Waals surface area contributed by atoms with Gasteiger partial charge in [-0.25, -0.2) is 0 Å². The van der Waals surface area contributed by atoms with E-state index in [2.05, 4.69) is 20.4 Å². The van der Waals surface area contributed by atoms with E-state index in [9.17, 15) is 9.59 Å². The molecule has 2 amide bonds. The summed E-state index contributed by atoms with van der Waals surface area (Å²) in [4.78, 5) is 29.5. The zero-order valence-electron chi connectivity index (χ0n) is 20.3. The summed E-state index contributed by atoms with van der Waals surface area (Å²) < 4.78 is 10.8. The van der Waals surface area contributed by atoms with Crippen LogP contribution in [0.3, 0.4) is 0 Å². The molecule has 2 N–H and O–H groups in total. The highest BCUT2D eigenvalue weighted by atomic mass is 16.5. The lowest BCUT2D eigenvalue weighted by molar-refractivity contribution is 0.0341. The van der Waals surface area contributed by atoms with Crippen molar-refractivity contribution in [2.45, 2.75) is 19.5 Å². The molecule has 2 aromatic rings. The van der Waals surface area contributed by atoms with E-state index in [1.165, 1.54) is 11.1 Å². The lowest BCUT2D eigenvalue weighted by atomic mass is 10.1. The van der Waals surface area contributed by atoms with Crippen LogP contribution in [0.1, 0.15) is 38.3 Å². The molecule has 0 saturated carbocycles. The maximum absolute atomic E-state index is 12.4. The summed E-state index contributed by atoms with van der Waals surface area (Å²) >= 11 is 0. The molecule has 0 atom stereocenters. The lowest BCUT2D eigenvalue weighted by Gasteiger charge is -2.26. The van der Waals surface area contributed by atoms with E-state index in [4.69, 9.17) is 9.47 Å². The lowest BCUT2D eigenvalue weighted by Crippen LogP contribution is -2.35. The summed E-state index contributed by atoms with van der Waals surface area (Å²) in [7, 11) is 0. The summed E-state index contributed by atoms with van der Waals surface area (Å²) in [5.41, 5.74) is 3.69. The fourth-order valence-corrected chi connectivity index (χ4v) is 4.25. The molecule has 8 heteroatoms. The maximum atomic E-state index is 12.4. The molecule has 2 aliphatic heterocycles. The van der Waals surface area contributed by atoms with Gasteiger partial charge in [0.15, 0.2) is 0 Å². The molecule has 188 valence electrons. The van der Waals surface area contributed by atoms with Gasteiger partial charge in [0.05, 0.1) is 26.4 Å². The third-order valence-electron chi connectivity index (χ3n) is 6.38. The number of amides is 2. The minimum absolute atomic E-state index is 0.0925. The normalized spacial score (nSPS) is 17.1. The Balaban J connectivity index is 1.11. The van der Waals surface area contributed by atoms with E-state index in [1.807, 2.05) is 48.5 Å². The van der Waals surface area contributed by atoms with Crippen molar-refractivity contribution in [2.75, 3.05) is 65.7 Å². The first-order chi connectivity index (χ1) is 17.2. The molecule has 2 fully saturated rings. The van der Waals surface area contributed by atoms with Crippen LogP contribution < -0.4 is 10.6 Å². The van der Waals surface area contributed by atoms with Crippen LogP contribution in [0.25, 0.3) is 0 Å². The standard InChI is InChI=1S/C27H36N4O4/c32-26(24-6-2-22(3-7-24)20-30-12-16-34-17-13-30)28-10-1-11-29-27(33)25-8-4-23(5-9-25)21-31-14-18-35-19-15-31/h2-9H,1,10-21H2,(H,28,32)(H,29,33). The zero-order valence-corrected chi connectivity index (χ0v) is 20.3. The van der Waals surface area contributed by atoms with Gasteiger partial charge in [0.1, 0.15) is 0 Å². The fraction of sp³-hybridized carbons (Fsp3) is 0.481. The SMILES string of the molecule is O=C(NCCCNC(=O)c1ccc(CN2CCOCC2)cc1)c1ccc(CN2CCOCC2)cc1. The quantitative estimate of drug-likeness (QED) is 0.506. The Morgan fingerprint density at radius 1 is 0.629 bits per heavy atom. The summed E-state index contributed by atoms with van der Waals surface area (Å²) in [5, 5.41) is 5.86. The van der Waals surface area contributed by atoms with E-state index in [-0.39, 0.29) is 11.8 Å². The molecule has 2 saturated heterocycles. The second-order valence-electron chi connectivity index (χ2n) is 9.04. The van der Waals surface area contributed by atoms with Gasteiger partial charge >= 0.3 is 0 Å². The van der Waals surface area contributed by atoms with Crippen LogP contribution in [0.5, 0.6) is 0 Å². The number of ether oxygens (including phenoxy) is 2. The summed E-state index contributed by atoms with van der Waals surface area (Å²) in [5.74, 6) is -0.185. The Morgan fingerprint density at radius 2 is 1.00 bits per heavy atom. The molecule has 2 heterocycles. The van der Waals surface area contributed by atoms with E-state index in [1.54, 1.807) is 0 Å². The van der Waals surface area contributed by atoms with Gasteiger partial charge < -0.3 is 20.1 Å². The van der Waals surface area contributed by atoms with Gasteiger partial charge in [-0.2, -0.15) is 0 Å². The first-order valence-corrected chi connectivity index (χ1v) is 12.5. The van der Waals surface area contributed by atoms with Crippen molar-refractivity contribution < 1.29 is 19.1 Å². The molecule has 35 heavy (non-hydrogen) atoms. The number of carbonyl (C=O) groups is 2. The third kappa shape index (κ3) is 8.14. The molecular formula is C27H36N4O4. The molecule has 2 aliphatic rings. The average Bonchev–Trinajstić information content (AvgIpc) is 2.90. The number of morpholine rings is 2. The van der Waals surface area contributed by atoms with Crippen molar-refractivity contribution in [3.05, 3.63) is 70.8 Å². The number of benzene rings is 2. The maximum Gasteiger partial charge on any atom is 0.251 e. The number of hydrogen-bond acceptors (Lipinski definition) is 6. The molecular weight excluding hydrogens is 444 g/mol. The average molecular weight is 481 g/mol. The monoisotopic (exact) mass is 480 g/mol. The number of carbonyl (C=O) groups excluding carboxylic acids is 2. The summed E-state index contributed by atoms with van der Waals surface area (Å²) in [6.07, 6.45) is 0.668. The Kier molecular flexibility index (Phi) is 9.65. The summed E-state index contributed by atoms with van der Waals surface area (Å²) in [6, 6.07) is 15.5. The Labute approximate surface area is 207 Å². The van der Waals surface area contributed by atoms with Crippen LogP contribution in [0.2, 0.25) is 0 Å². The highest BCUT2D eigenvalue weighted by Gasteiger charge is 2.13. The van der Waals surface area contributed by atoms with Crippen molar-refractivity contribution >= 4 is 11.8 Å². The highest BCUT2D eigenvalue weighted by Crippen LogP contribution is 2.10. The molecule has 0 aromatic heterocycles. The van der Waals surface area contributed by atoms with Crippen molar-refractivity contribution in [3.8, 4) is 0 Å². The smallest absolute Gasteiger partial charge is 0.251 e. The number of hydrogen-bond donors (Lipinski definition) is 2. The Hall–Kier alpha value is -2.78. The molecule has 8 nitrogen and oxygen atoms in total.